The van der Waals surface area contributed by atoms with Crippen molar-refractivity contribution in [1.82, 2.24) is 20.0 Å². The fourth-order valence-corrected chi connectivity index (χ4v) is 1.71. The molecule has 0 radical (unpaired) electrons. The first-order valence-corrected chi connectivity index (χ1v) is 6.25. The fraction of sp³-hybridized carbons (Fsp3) is 0.583. The van der Waals surface area contributed by atoms with E-state index in [-0.39, 0.29) is 12.6 Å². The van der Waals surface area contributed by atoms with Crippen LogP contribution in [0.25, 0.3) is 0 Å². The molecule has 2 amide bonds. The largest absolute Gasteiger partial charge is 0.480 e. The monoisotopic (exact) mass is 268 g/mol. The van der Waals surface area contributed by atoms with Gasteiger partial charge in [-0.05, 0) is 18.4 Å². The maximum Gasteiger partial charge on any atom is 0.323 e. The summed E-state index contributed by atoms with van der Waals surface area (Å²) in [6.45, 7) is 2.53. The van der Waals surface area contributed by atoms with Crippen molar-refractivity contribution in [3.8, 4) is 0 Å². The summed E-state index contributed by atoms with van der Waals surface area (Å²) >= 11 is 0. The molecule has 0 bridgehead atoms. The number of carbonyl (C=O) groups excluding carboxylic acids is 1. The number of amides is 2. The molecule has 0 fully saturated rings. The predicted molar refractivity (Wildman–Crippen MR) is 69.8 cm³/mol. The lowest BCUT2D eigenvalue weighted by Gasteiger charge is -2.20. The van der Waals surface area contributed by atoms with Gasteiger partial charge in [-0.25, -0.2) is 4.79 Å². The van der Waals surface area contributed by atoms with Crippen molar-refractivity contribution < 1.29 is 14.7 Å². The van der Waals surface area contributed by atoms with Gasteiger partial charge in [-0.2, -0.15) is 5.10 Å². The number of carbonyl (C=O) groups is 2. The van der Waals surface area contributed by atoms with E-state index in [1.165, 1.54) is 4.90 Å². The van der Waals surface area contributed by atoms with Gasteiger partial charge in [0.05, 0.1) is 6.20 Å². The van der Waals surface area contributed by atoms with Crippen LogP contribution in [0.1, 0.15) is 18.9 Å². The molecule has 0 aliphatic rings. The van der Waals surface area contributed by atoms with E-state index in [4.69, 9.17) is 5.11 Å². The second-order valence-electron chi connectivity index (χ2n) is 4.32. The molecule has 1 heterocycles. The first-order valence-electron chi connectivity index (χ1n) is 6.25. The van der Waals surface area contributed by atoms with Crippen LogP contribution in [0.3, 0.4) is 0 Å². The molecule has 7 heteroatoms. The molecule has 1 aromatic rings. The van der Waals surface area contributed by atoms with Crippen LogP contribution in [0.2, 0.25) is 0 Å². The number of hydrogen-bond donors (Lipinski definition) is 2. The Hall–Kier alpha value is -2.05. The smallest absolute Gasteiger partial charge is 0.323 e. The quantitative estimate of drug-likeness (QED) is 0.752. The minimum Gasteiger partial charge on any atom is -0.480 e. The van der Waals surface area contributed by atoms with Crippen molar-refractivity contribution in [2.75, 3.05) is 19.6 Å². The van der Waals surface area contributed by atoms with Crippen molar-refractivity contribution in [3.05, 3.63) is 18.0 Å². The van der Waals surface area contributed by atoms with E-state index >= 15 is 0 Å². The zero-order chi connectivity index (χ0) is 14.3. The predicted octanol–water partition coefficient (Wildman–Crippen LogP) is 0.469. The van der Waals surface area contributed by atoms with Crippen LogP contribution in [-0.4, -0.2) is 51.4 Å². The van der Waals surface area contributed by atoms with E-state index in [0.29, 0.717) is 19.5 Å². The number of urea groups is 1. The molecule has 0 atom stereocenters. The molecule has 19 heavy (non-hydrogen) atoms. The van der Waals surface area contributed by atoms with Crippen LogP contribution in [0, 0.1) is 0 Å². The SMILES string of the molecule is CCCN(CC(=O)O)C(=O)NCCc1cnn(C)c1. The second-order valence-corrected chi connectivity index (χ2v) is 4.32. The third-order valence-electron chi connectivity index (χ3n) is 2.56. The molecule has 0 aromatic carbocycles. The zero-order valence-corrected chi connectivity index (χ0v) is 11.3. The van der Waals surface area contributed by atoms with Gasteiger partial charge in [0, 0.05) is 26.3 Å². The molecule has 0 spiro atoms. The van der Waals surface area contributed by atoms with E-state index in [1.54, 1.807) is 10.9 Å². The number of aliphatic carboxylic acids is 1. The Bertz CT molecular complexity index is 430. The van der Waals surface area contributed by atoms with Gasteiger partial charge >= 0.3 is 12.0 Å². The van der Waals surface area contributed by atoms with Gasteiger partial charge in [-0.15, -0.1) is 0 Å². The van der Waals surface area contributed by atoms with Crippen LogP contribution in [0.5, 0.6) is 0 Å². The molecule has 2 N–H and O–H groups in total. The first-order chi connectivity index (χ1) is 9.02. The summed E-state index contributed by atoms with van der Waals surface area (Å²) in [7, 11) is 1.83. The molecule has 0 aliphatic heterocycles. The maximum atomic E-state index is 11.8. The first kappa shape index (κ1) is 15.0. The number of carboxylic acid groups (broad SMARTS) is 1. The van der Waals surface area contributed by atoms with E-state index in [1.807, 2.05) is 20.2 Å². The summed E-state index contributed by atoms with van der Waals surface area (Å²) < 4.78 is 1.70. The third-order valence-corrected chi connectivity index (χ3v) is 2.56. The topological polar surface area (TPSA) is 87.5 Å². The summed E-state index contributed by atoms with van der Waals surface area (Å²) in [5.74, 6) is -1.00. The number of nitrogens with zero attached hydrogens (tertiary/aromatic N) is 3. The number of nitrogens with one attached hydrogen (secondary N) is 1. The lowest BCUT2D eigenvalue weighted by molar-refractivity contribution is -0.137. The van der Waals surface area contributed by atoms with Crippen molar-refractivity contribution in [2.45, 2.75) is 19.8 Å². The van der Waals surface area contributed by atoms with Crippen LogP contribution in [0.4, 0.5) is 4.79 Å². The van der Waals surface area contributed by atoms with E-state index in [2.05, 4.69) is 10.4 Å². The van der Waals surface area contributed by atoms with Gasteiger partial charge in [-0.1, -0.05) is 6.92 Å². The second kappa shape index (κ2) is 7.40. The Morgan fingerprint density at radius 2 is 2.26 bits per heavy atom. The average Bonchev–Trinajstić information content (AvgIpc) is 2.74. The summed E-state index contributed by atoms with van der Waals surface area (Å²) in [6.07, 6.45) is 5.02. The summed E-state index contributed by atoms with van der Waals surface area (Å²) in [4.78, 5) is 23.7. The maximum absolute atomic E-state index is 11.8. The summed E-state index contributed by atoms with van der Waals surface area (Å²) in [5, 5.41) is 15.5. The highest BCUT2D eigenvalue weighted by atomic mass is 16.4. The van der Waals surface area contributed by atoms with Gasteiger partial charge in [0.1, 0.15) is 6.54 Å². The summed E-state index contributed by atoms with van der Waals surface area (Å²) in [6, 6.07) is -0.340. The van der Waals surface area contributed by atoms with Crippen LogP contribution in [0.15, 0.2) is 12.4 Å². The Morgan fingerprint density at radius 1 is 1.53 bits per heavy atom. The van der Waals surface area contributed by atoms with E-state index in [9.17, 15) is 9.59 Å². The third kappa shape index (κ3) is 5.41. The molecular formula is C12H20N4O3. The van der Waals surface area contributed by atoms with Crippen LogP contribution >= 0.6 is 0 Å². The van der Waals surface area contributed by atoms with Gasteiger partial charge in [0.2, 0.25) is 0 Å². The highest BCUT2D eigenvalue weighted by Gasteiger charge is 2.15. The molecule has 0 saturated heterocycles. The molecule has 7 nitrogen and oxygen atoms in total. The number of aryl methyl sites for hydroxylation is 1. The van der Waals surface area contributed by atoms with Crippen molar-refractivity contribution in [3.63, 3.8) is 0 Å². The van der Waals surface area contributed by atoms with Gasteiger partial charge in [-0.3, -0.25) is 9.48 Å². The van der Waals surface area contributed by atoms with Crippen LogP contribution in [-0.2, 0) is 18.3 Å². The van der Waals surface area contributed by atoms with Crippen molar-refractivity contribution in [2.24, 2.45) is 7.05 Å². The average molecular weight is 268 g/mol. The highest BCUT2D eigenvalue weighted by molar-refractivity contribution is 5.80. The number of hydrogen-bond acceptors (Lipinski definition) is 3. The van der Waals surface area contributed by atoms with Crippen LogP contribution < -0.4 is 5.32 Å². The number of aromatic nitrogens is 2. The van der Waals surface area contributed by atoms with Gasteiger partial charge in [0.15, 0.2) is 0 Å². The number of carboxylic acids is 1. The van der Waals surface area contributed by atoms with Crippen molar-refractivity contribution >= 4 is 12.0 Å². The lowest BCUT2D eigenvalue weighted by Crippen LogP contribution is -2.43. The Labute approximate surface area is 112 Å². The lowest BCUT2D eigenvalue weighted by atomic mass is 10.2. The standard InChI is InChI=1S/C12H20N4O3/c1-3-6-16(9-11(17)18)12(19)13-5-4-10-7-14-15(2)8-10/h7-8H,3-6,9H2,1-2H3,(H,13,19)(H,17,18). The minimum atomic E-state index is -1.00. The molecule has 0 saturated carbocycles. The molecule has 1 rings (SSSR count). The van der Waals surface area contributed by atoms with Gasteiger partial charge < -0.3 is 15.3 Å². The Kier molecular flexibility index (Phi) is 5.84. The fourth-order valence-electron chi connectivity index (χ4n) is 1.71. The Morgan fingerprint density at radius 3 is 2.79 bits per heavy atom. The Balaban J connectivity index is 2.37. The molecule has 0 aliphatic carbocycles. The van der Waals surface area contributed by atoms with Gasteiger partial charge in [0.25, 0.3) is 0 Å². The van der Waals surface area contributed by atoms with E-state index in [0.717, 1.165) is 12.0 Å². The number of rotatable bonds is 7. The normalized spacial score (nSPS) is 10.2. The molecule has 106 valence electrons. The molecule has 0 unspecified atom stereocenters. The minimum absolute atomic E-state index is 0.271. The molecular weight excluding hydrogens is 248 g/mol. The van der Waals surface area contributed by atoms with Crippen molar-refractivity contribution in [1.29, 1.82) is 0 Å². The highest BCUT2D eigenvalue weighted by Crippen LogP contribution is 1.97. The zero-order valence-electron chi connectivity index (χ0n) is 11.3. The van der Waals surface area contributed by atoms with E-state index < -0.39 is 5.97 Å². The molecule has 1 aromatic heterocycles. The summed E-state index contributed by atoms with van der Waals surface area (Å²) in [5.41, 5.74) is 1.03.